The number of hydrogen-bond donors (Lipinski definition) is 4. The van der Waals surface area contributed by atoms with Crippen molar-refractivity contribution in [3.63, 3.8) is 0 Å². The normalized spacial score (nSPS) is 23.9. The Balaban J connectivity index is 0.000000505. The molecule has 1 heterocycles. The Morgan fingerprint density at radius 1 is 1.11 bits per heavy atom. The Bertz CT molecular complexity index is 1180. The van der Waals surface area contributed by atoms with Gasteiger partial charge in [-0.1, -0.05) is 23.3 Å². The first-order chi connectivity index (χ1) is 17.7. The molecular weight excluding hydrogens is 551 g/mol. The van der Waals surface area contributed by atoms with Gasteiger partial charge in [-0.05, 0) is 77.1 Å². The number of nitrogens with one attached hydrogen (secondary N) is 2. The summed E-state index contributed by atoms with van der Waals surface area (Å²) < 4.78 is 58.4. The van der Waals surface area contributed by atoms with Crippen LogP contribution in [0.5, 0.6) is 5.75 Å². The Morgan fingerprint density at radius 3 is 2.18 bits per heavy atom. The number of nitrogens with zero attached hydrogens (tertiary/aromatic N) is 1. The molecule has 3 aliphatic rings. The average Bonchev–Trinajstić information content (AvgIpc) is 3.19. The van der Waals surface area contributed by atoms with E-state index in [1.165, 1.54) is 18.6 Å². The maximum absolute atomic E-state index is 13.4. The van der Waals surface area contributed by atoms with Crippen LogP contribution in [0.4, 0.5) is 23.7 Å². The number of rotatable bonds is 5. The van der Waals surface area contributed by atoms with Gasteiger partial charge in [0, 0.05) is 6.04 Å². The largest absolute Gasteiger partial charge is 0.504 e. The Labute approximate surface area is 223 Å². The summed E-state index contributed by atoms with van der Waals surface area (Å²) in [5.74, 6) is -3.25. The highest BCUT2D eigenvalue weighted by Gasteiger charge is 2.39. The summed E-state index contributed by atoms with van der Waals surface area (Å²) in [6.07, 6.45) is 2.69. The molecule has 1 aromatic rings. The number of urea groups is 1. The molecule has 1 atom stereocenters. The predicted octanol–water partition coefficient (Wildman–Crippen LogP) is 4.70. The van der Waals surface area contributed by atoms with Crippen LogP contribution in [0.1, 0.15) is 51.9 Å². The van der Waals surface area contributed by atoms with E-state index in [-0.39, 0.29) is 21.6 Å². The predicted molar refractivity (Wildman–Crippen MR) is 135 cm³/mol. The van der Waals surface area contributed by atoms with Crippen LogP contribution >= 0.6 is 11.6 Å². The lowest BCUT2D eigenvalue weighted by Gasteiger charge is -2.41. The van der Waals surface area contributed by atoms with Crippen molar-refractivity contribution >= 4 is 39.1 Å². The fourth-order valence-corrected chi connectivity index (χ4v) is 7.28. The SMILES string of the molecule is CC1=CCCC1NC(=O)Nc1ccc(Cl)c(S(=O)(=O)[C@H]2CC[C@H](N3CCC3)CC2)c1O.O=C(O)C(F)(F)F. The molecule has 0 radical (unpaired) electrons. The number of alkyl halides is 3. The number of phenols is 1. The van der Waals surface area contributed by atoms with Crippen LogP contribution in [0, 0.1) is 0 Å². The van der Waals surface area contributed by atoms with E-state index in [9.17, 15) is 31.5 Å². The molecule has 9 nitrogen and oxygen atoms in total. The van der Waals surface area contributed by atoms with Gasteiger partial charge >= 0.3 is 18.2 Å². The topological polar surface area (TPSA) is 136 Å². The summed E-state index contributed by atoms with van der Waals surface area (Å²) >= 11 is 6.23. The maximum Gasteiger partial charge on any atom is 0.490 e. The minimum atomic E-state index is -5.08. The quantitative estimate of drug-likeness (QED) is 0.292. The van der Waals surface area contributed by atoms with Gasteiger partial charge in [0.2, 0.25) is 0 Å². The molecule has 38 heavy (non-hydrogen) atoms. The summed E-state index contributed by atoms with van der Waals surface area (Å²) in [4.78, 5) is 23.4. The lowest BCUT2D eigenvalue weighted by Crippen LogP contribution is -2.47. The van der Waals surface area contributed by atoms with E-state index in [0.717, 1.165) is 44.3 Å². The number of anilines is 1. The Hall–Kier alpha value is -2.51. The fraction of sp³-hybridized carbons (Fsp3) is 0.583. The molecule has 1 saturated carbocycles. The van der Waals surface area contributed by atoms with Gasteiger partial charge in [0.25, 0.3) is 0 Å². The van der Waals surface area contributed by atoms with Crippen LogP contribution in [0.2, 0.25) is 5.02 Å². The smallest absolute Gasteiger partial charge is 0.490 e. The van der Waals surface area contributed by atoms with Crippen molar-refractivity contribution in [3.8, 4) is 5.75 Å². The van der Waals surface area contributed by atoms with Crippen LogP contribution in [0.15, 0.2) is 28.7 Å². The Morgan fingerprint density at radius 2 is 1.71 bits per heavy atom. The summed E-state index contributed by atoms with van der Waals surface area (Å²) in [6.45, 7) is 4.15. The summed E-state index contributed by atoms with van der Waals surface area (Å²) in [6, 6.07) is 2.74. The zero-order valence-corrected chi connectivity index (χ0v) is 22.3. The molecule has 0 spiro atoms. The van der Waals surface area contributed by atoms with Crippen LogP contribution in [0.25, 0.3) is 0 Å². The van der Waals surface area contributed by atoms with E-state index in [4.69, 9.17) is 21.5 Å². The van der Waals surface area contributed by atoms with Gasteiger partial charge in [-0.15, -0.1) is 0 Å². The Kier molecular flexibility index (Phi) is 9.58. The number of carbonyl (C=O) groups excluding carboxylic acids is 1. The number of aromatic hydroxyl groups is 1. The fourth-order valence-electron chi connectivity index (χ4n) is 4.86. The molecule has 4 rings (SSSR count). The number of carbonyl (C=O) groups is 2. The van der Waals surface area contributed by atoms with E-state index in [1.54, 1.807) is 0 Å². The molecule has 1 saturated heterocycles. The maximum atomic E-state index is 13.4. The minimum absolute atomic E-state index is 0.0251. The van der Waals surface area contributed by atoms with Crippen molar-refractivity contribution in [2.75, 3.05) is 18.4 Å². The lowest BCUT2D eigenvalue weighted by atomic mass is 9.92. The highest BCUT2D eigenvalue weighted by Crippen LogP contribution is 2.42. The second-order valence-electron chi connectivity index (χ2n) is 9.62. The molecule has 1 aromatic carbocycles. The first-order valence-corrected chi connectivity index (χ1v) is 14.2. The van der Waals surface area contributed by atoms with Crippen LogP contribution in [0.3, 0.4) is 0 Å². The number of amides is 2. The number of aliphatic carboxylic acids is 1. The molecule has 0 aromatic heterocycles. The average molecular weight is 582 g/mol. The number of likely N-dealkylation sites (tertiary alicyclic amines) is 1. The molecule has 2 fully saturated rings. The van der Waals surface area contributed by atoms with E-state index in [1.807, 2.05) is 6.92 Å². The third-order valence-corrected chi connectivity index (χ3v) is 9.88. The molecule has 14 heteroatoms. The number of sulfone groups is 1. The number of hydrogen-bond acceptors (Lipinski definition) is 6. The van der Waals surface area contributed by atoms with Gasteiger partial charge in [-0.3, -0.25) is 0 Å². The lowest BCUT2D eigenvalue weighted by molar-refractivity contribution is -0.192. The van der Waals surface area contributed by atoms with Crippen molar-refractivity contribution in [1.29, 1.82) is 0 Å². The zero-order chi connectivity index (χ0) is 28.3. The van der Waals surface area contributed by atoms with Gasteiger partial charge in [0.15, 0.2) is 15.6 Å². The molecular formula is C24H31ClF3N3O6S. The second kappa shape index (κ2) is 12.1. The van der Waals surface area contributed by atoms with Crippen molar-refractivity contribution in [1.82, 2.24) is 10.2 Å². The zero-order valence-electron chi connectivity index (χ0n) is 20.7. The van der Waals surface area contributed by atoms with Crippen LogP contribution in [-0.4, -0.2) is 72.1 Å². The first-order valence-electron chi connectivity index (χ1n) is 12.3. The standard InChI is InChI=1S/C22H30ClN3O4S.C2HF3O2/c1-14-4-2-5-18(14)24-22(28)25-19-11-10-17(23)21(20(19)27)31(29,30)16-8-6-15(7-9-16)26-12-3-13-26;3-2(4,5)1(6)7/h4,10-11,15-16,18,27H,2-3,5-9,12-13H2,1H3,(H2,24,25,28);(H,6,7)/t15-,16-,18?;. The number of halogens is 4. The number of allylic oxidation sites excluding steroid dienone is 1. The van der Waals surface area contributed by atoms with Gasteiger partial charge < -0.3 is 25.7 Å². The van der Waals surface area contributed by atoms with E-state index in [2.05, 4.69) is 21.6 Å². The second-order valence-corrected chi connectivity index (χ2v) is 12.2. The van der Waals surface area contributed by atoms with Crippen molar-refractivity contribution in [2.45, 2.75) is 80.3 Å². The highest BCUT2D eigenvalue weighted by atomic mass is 35.5. The molecule has 0 bridgehead atoms. The number of carboxylic acids is 1. The summed E-state index contributed by atoms with van der Waals surface area (Å²) in [7, 11) is -3.83. The van der Waals surface area contributed by atoms with E-state index in [0.29, 0.717) is 18.9 Å². The number of benzene rings is 1. The van der Waals surface area contributed by atoms with Crippen molar-refractivity contribution < 1.29 is 41.4 Å². The van der Waals surface area contributed by atoms with Crippen molar-refractivity contribution in [3.05, 3.63) is 28.8 Å². The van der Waals surface area contributed by atoms with E-state index < -0.39 is 39.0 Å². The summed E-state index contributed by atoms with van der Waals surface area (Å²) in [5.41, 5.74) is 1.13. The van der Waals surface area contributed by atoms with Gasteiger partial charge in [0.1, 0.15) is 4.90 Å². The van der Waals surface area contributed by atoms with Crippen molar-refractivity contribution in [2.24, 2.45) is 0 Å². The third kappa shape index (κ3) is 7.11. The van der Waals surface area contributed by atoms with Gasteiger partial charge in [0.05, 0.1) is 22.0 Å². The molecule has 4 N–H and O–H groups in total. The van der Waals surface area contributed by atoms with E-state index >= 15 is 0 Å². The monoisotopic (exact) mass is 581 g/mol. The minimum Gasteiger partial charge on any atom is -0.504 e. The number of phenolic OH excluding ortho intramolecular Hbond substituents is 1. The summed E-state index contributed by atoms with van der Waals surface area (Å²) in [5, 5.41) is 22.7. The van der Waals surface area contributed by atoms with Gasteiger partial charge in [-0.25, -0.2) is 18.0 Å². The number of carboxylic acid groups (broad SMARTS) is 1. The molecule has 1 aliphatic heterocycles. The molecule has 1 unspecified atom stereocenters. The van der Waals surface area contributed by atoms with Crippen LogP contribution < -0.4 is 10.6 Å². The third-order valence-electron chi connectivity index (χ3n) is 7.12. The molecule has 2 aliphatic carbocycles. The van der Waals surface area contributed by atoms with Crippen LogP contribution in [-0.2, 0) is 14.6 Å². The molecule has 2 amide bonds. The molecule has 212 valence electrons. The highest BCUT2D eigenvalue weighted by molar-refractivity contribution is 7.92. The first kappa shape index (κ1) is 30.0. The van der Waals surface area contributed by atoms with Gasteiger partial charge in [-0.2, -0.15) is 13.2 Å².